The van der Waals surface area contributed by atoms with Gasteiger partial charge in [-0.1, -0.05) is 32.0 Å². The summed E-state index contributed by atoms with van der Waals surface area (Å²) in [6.45, 7) is 12.2. The van der Waals surface area contributed by atoms with Crippen LogP contribution in [0.15, 0.2) is 18.2 Å². The standard InChI is InChI=1S/C19H29BClNO3/c1-7-14-10-9-11-15(8-2)17(14)22(16(23)12-21)13-20-24-18(3,4)19(5,6)25-20/h9-11H,7-8,12-13H2,1-6H3. The monoisotopic (exact) mass is 365 g/mol. The second kappa shape index (κ2) is 7.69. The molecule has 0 saturated carbocycles. The molecule has 0 atom stereocenters. The van der Waals surface area contributed by atoms with Crippen LogP contribution in [0.5, 0.6) is 0 Å². The van der Waals surface area contributed by atoms with Crippen molar-refractivity contribution in [3.05, 3.63) is 29.3 Å². The molecule has 138 valence electrons. The van der Waals surface area contributed by atoms with E-state index in [1.807, 2.05) is 33.8 Å². The van der Waals surface area contributed by atoms with E-state index in [9.17, 15) is 4.79 Å². The molecule has 1 aliphatic heterocycles. The molecule has 2 rings (SSSR count). The van der Waals surface area contributed by atoms with Crippen LogP contribution in [0.25, 0.3) is 0 Å². The van der Waals surface area contributed by atoms with Crippen molar-refractivity contribution in [2.24, 2.45) is 0 Å². The van der Waals surface area contributed by atoms with Crippen molar-refractivity contribution in [1.29, 1.82) is 0 Å². The van der Waals surface area contributed by atoms with Crippen molar-refractivity contribution in [3.63, 3.8) is 0 Å². The zero-order valence-electron chi connectivity index (χ0n) is 16.2. The van der Waals surface area contributed by atoms with Crippen LogP contribution in [0.1, 0.15) is 52.7 Å². The van der Waals surface area contributed by atoms with E-state index in [0.717, 1.165) is 29.7 Å². The van der Waals surface area contributed by atoms with Crippen LogP contribution >= 0.6 is 11.6 Å². The number of carbonyl (C=O) groups is 1. The first-order chi connectivity index (χ1) is 11.7. The number of aryl methyl sites for hydroxylation is 2. The number of carbonyl (C=O) groups excluding carboxylic acids is 1. The Kier molecular flexibility index (Phi) is 6.24. The number of benzene rings is 1. The van der Waals surface area contributed by atoms with Gasteiger partial charge in [0.05, 0.1) is 17.6 Å². The zero-order chi connectivity index (χ0) is 18.8. The number of hydrogen-bond acceptors (Lipinski definition) is 3. The van der Waals surface area contributed by atoms with Gasteiger partial charge in [0.15, 0.2) is 0 Å². The van der Waals surface area contributed by atoms with Crippen LogP contribution in [0.2, 0.25) is 0 Å². The highest BCUT2D eigenvalue weighted by Gasteiger charge is 2.51. The lowest BCUT2D eigenvalue weighted by molar-refractivity contribution is -0.116. The molecule has 0 spiro atoms. The maximum Gasteiger partial charge on any atom is 0.479 e. The molecule has 1 saturated heterocycles. The van der Waals surface area contributed by atoms with Crippen LogP contribution in [0, 0.1) is 0 Å². The van der Waals surface area contributed by atoms with Crippen molar-refractivity contribution in [1.82, 2.24) is 0 Å². The molecule has 0 radical (unpaired) electrons. The van der Waals surface area contributed by atoms with Gasteiger partial charge in [0.25, 0.3) is 0 Å². The van der Waals surface area contributed by atoms with Gasteiger partial charge < -0.3 is 14.2 Å². The third-order valence-corrected chi connectivity index (χ3v) is 5.51. The maximum atomic E-state index is 12.6. The number of nitrogens with zero attached hydrogens (tertiary/aromatic N) is 1. The van der Waals surface area contributed by atoms with Crippen molar-refractivity contribution in [2.75, 3.05) is 17.2 Å². The molecule has 6 heteroatoms. The fourth-order valence-corrected chi connectivity index (χ4v) is 3.28. The molecule has 0 aromatic heterocycles. The Morgan fingerprint density at radius 2 is 1.56 bits per heavy atom. The van der Waals surface area contributed by atoms with Gasteiger partial charge in [0.1, 0.15) is 5.88 Å². The van der Waals surface area contributed by atoms with E-state index < -0.39 is 18.3 Å². The van der Waals surface area contributed by atoms with Gasteiger partial charge >= 0.3 is 7.12 Å². The minimum Gasteiger partial charge on any atom is -0.402 e. The minimum absolute atomic E-state index is 0.0687. The molecule has 0 aliphatic carbocycles. The average Bonchev–Trinajstić information content (AvgIpc) is 2.78. The molecule has 0 N–H and O–H groups in total. The van der Waals surface area contributed by atoms with Gasteiger partial charge in [-0.3, -0.25) is 4.79 Å². The largest absolute Gasteiger partial charge is 0.479 e. The number of hydrogen-bond donors (Lipinski definition) is 0. The number of rotatable bonds is 6. The number of alkyl halides is 1. The molecule has 25 heavy (non-hydrogen) atoms. The van der Waals surface area contributed by atoms with Gasteiger partial charge in [-0.2, -0.15) is 0 Å². The smallest absolute Gasteiger partial charge is 0.402 e. The van der Waals surface area contributed by atoms with Crippen LogP contribution in [0.4, 0.5) is 5.69 Å². The quantitative estimate of drug-likeness (QED) is 0.564. The Hall–Kier alpha value is -1.04. The summed E-state index contributed by atoms with van der Waals surface area (Å²) in [7, 11) is -0.480. The number of halogens is 1. The molecule has 0 bridgehead atoms. The molecular formula is C19H29BClNO3. The number of para-hydroxylation sites is 1. The molecule has 1 aliphatic rings. The topological polar surface area (TPSA) is 38.8 Å². The highest BCUT2D eigenvalue weighted by Crippen LogP contribution is 2.37. The minimum atomic E-state index is -0.480. The maximum absolute atomic E-state index is 12.6. The molecule has 1 fully saturated rings. The van der Waals surface area contributed by atoms with Crippen LogP contribution < -0.4 is 4.90 Å². The number of amides is 1. The summed E-state index contributed by atoms with van der Waals surface area (Å²) < 4.78 is 12.2. The predicted molar refractivity (Wildman–Crippen MR) is 104 cm³/mol. The number of anilines is 1. The van der Waals surface area contributed by atoms with Gasteiger partial charge in [-0.05, 0) is 51.7 Å². The normalized spacial score (nSPS) is 18.4. The first-order valence-electron chi connectivity index (χ1n) is 8.99. The lowest BCUT2D eigenvalue weighted by Gasteiger charge is -2.32. The van der Waals surface area contributed by atoms with Gasteiger partial charge in [-0.25, -0.2) is 0 Å². The molecule has 1 aromatic rings. The second-order valence-corrected chi connectivity index (χ2v) is 7.72. The molecular weight excluding hydrogens is 336 g/mol. The van der Waals surface area contributed by atoms with E-state index in [1.54, 1.807) is 4.90 Å². The molecule has 1 amide bonds. The van der Waals surface area contributed by atoms with E-state index in [0.29, 0.717) is 6.44 Å². The highest BCUT2D eigenvalue weighted by molar-refractivity contribution is 6.47. The summed E-state index contributed by atoms with van der Waals surface area (Å²) in [5.74, 6) is -0.201. The summed E-state index contributed by atoms with van der Waals surface area (Å²) in [6.07, 6.45) is 2.03. The van der Waals surface area contributed by atoms with Crippen molar-refractivity contribution in [2.45, 2.75) is 65.6 Å². The third kappa shape index (κ3) is 4.04. The summed E-state index contributed by atoms with van der Waals surface area (Å²) >= 11 is 5.91. The van der Waals surface area contributed by atoms with E-state index in [2.05, 4.69) is 26.0 Å². The summed E-state index contributed by atoms with van der Waals surface area (Å²) in [5.41, 5.74) is 2.37. The molecule has 1 aromatic carbocycles. The fourth-order valence-electron chi connectivity index (χ4n) is 3.14. The molecule has 1 heterocycles. The zero-order valence-corrected chi connectivity index (χ0v) is 16.9. The third-order valence-electron chi connectivity index (χ3n) is 5.28. The first-order valence-corrected chi connectivity index (χ1v) is 9.53. The Bertz CT molecular complexity index is 595. The van der Waals surface area contributed by atoms with E-state index in [4.69, 9.17) is 20.9 Å². The first kappa shape index (κ1) is 20.3. The lowest BCUT2D eigenvalue weighted by atomic mass is 9.88. The van der Waals surface area contributed by atoms with Crippen molar-refractivity contribution < 1.29 is 14.1 Å². The predicted octanol–water partition coefficient (Wildman–Crippen LogP) is 4.01. The van der Waals surface area contributed by atoms with E-state index >= 15 is 0 Å². The molecule has 4 nitrogen and oxygen atoms in total. The van der Waals surface area contributed by atoms with Gasteiger partial charge in [0, 0.05) is 5.69 Å². The van der Waals surface area contributed by atoms with E-state index in [1.165, 1.54) is 0 Å². The second-order valence-electron chi connectivity index (χ2n) is 7.46. The Morgan fingerprint density at radius 1 is 1.08 bits per heavy atom. The van der Waals surface area contributed by atoms with Crippen molar-refractivity contribution in [3.8, 4) is 0 Å². The lowest BCUT2D eigenvalue weighted by Crippen LogP contribution is -2.43. The van der Waals surface area contributed by atoms with Crippen LogP contribution in [-0.4, -0.2) is 36.6 Å². The van der Waals surface area contributed by atoms with Crippen LogP contribution in [0.3, 0.4) is 0 Å². The van der Waals surface area contributed by atoms with E-state index in [-0.39, 0.29) is 11.8 Å². The van der Waals surface area contributed by atoms with Crippen molar-refractivity contribution >= 4 is 30.3 Å². The average molecular weight is 366 g/mol. The Labute approximate surface area is 157 Å². The Morgan fingerprint density at radius 3 is 1.96 bits per heavy atom. The highest BCUT2D eigenvalue weighted by atomic mass is 35.5. The summed E-state index contributed by atoms with van der Waals surface area (Å²) in [6, 6.07) is 6.17. The summed E-state index contributed by atoms with van der Waals surface area (Å²) in [5, 5.41) is 0. The summed E-state index contributed by atoms with van der Waals surface area (Å²) in [4.78, 5) is 14.4. The van der Waals surface area contributed by atoms with Gasteiger partial charge in [-0.15, -0.1) is 11.6 Å². The SMILES string of the molecule is CCc1cccc(CC)c1N(CB1OC(C)(C)C(C)(C)O1)C(=O)CCl. The Balaban J connectivity index is 2.38. The van der Waals surface area contributed by atoms with Crippen LogP contribution in [-0.2, 0) is 26.9 Å². The molecule has 0 unspecified atom stereocenters. The fraction of sp³-hybridized carbons (Fsp3) is 0.632. The van der Waals surface area contributed by atoms with Gasteiger partial charge in [0.2, 0.25) is 5.91 Å².